The predicted octanol–water partition coefficient (Wildman–Crippen LogP) is 2.29. The van der Waals surface area contributed by atoms with Gasteiger partial charge in [-0.3, -0.25) is 0 Å². The third-order valence-corrected chi connectivity index (χ3v) is 4.45. The van der Waals surface area contributed by atoms with Crippen LogP contribution in [0, 0.1) is 5.82 Å². The van der Waals surface area contributed by atoms with E-state index in [0.717, 1.165) is 19.5 Å². The lowest BCUT2D eigenvalue weighted by atomic mass is 10.2. The minimum absolute atomic E-state index is 0.00709. The van der Waals surface area contributed by atoms with Crippen molar-refractivity contribution in [2.24, 2.45) is 0 Å². The van der Waals surface area contributed by atoms with E-state index in [0.29, 0.717) is 12.0 Å². The fraction of sp³-hybridized carbons (Fsp3) is 0.538. The highest BCUT2D eigenvalue weighted by molar-refractivity contribution is 7.89. The number of sulfonamides is 1. The lowest BCUT2D eigenvalue weighted by molar-refractivity contribution is 0.574. The summed E-state index contributed by atoms with van der Waals surface area (Å²) < 4.78 is 38.9. The van der Waals surface area contributed by atoms with E-state index in [1.807, 2.05) is 6.92 Å². The Morgan fingerprint density at radius 1 is 1.30 bits per heavy atom. The van der Waals surface area contributed by atoms with Crippen LogP contribution < -0.4 is 10.0 Å². The zero-order valence-electron chi connectivity index (χ0n) is 11.5. The second-order valence-electron chi connectivity index (χ2n) is 4.45. The van der Waals surface area contributed by atoms with Gasteiger partial charge >= 0.3 is 0 Å². The van der Waals surface area contributed by atoms with Gasteiger partial charge in [-0.05, 0) is 43.6 Å². The van der Waals surface area contributed by atoms with Crippen LogP contribution in [0.1, 0.15) is 25.3 Å². The van der Waals surface area contributed by atoms with Gasteiger partial charge in [0.05, 0.1) is 10.8 Å². The third-order valence-electron chi connectivity index (χ3n) is 2.75. The lowest BCUT2D eigenvalue weighted by Crippen LogP contribution is -2.26. The SMILES string of the molecule is CCNCCCCS(=O)(=O)NCc1ccc(F)c(Cl)c1. The van der Waals surface area contributed by atoms with Crippen molar-refractivity contribution >= 4 is 21.6 Å². The van der Waals surface area contributed by atoms with E-state index in [1.54, 1.807) is 0 Å². The van der Waals surface area contributed by atoms with Crippen LogP contribution in [0.25, 0.3) is 0 Å². The van der Waals surface area contributed by atoms with Crippen LogP contribution in [-0.2, 0) is 16.6 Å². The van der Waals surface area contributed by atoms with Crippen LogP contribution in [0.15, 0.2) is 18.2 Å². The number of hydrogen-bond acceptors (Lipinski definition) is 3. The molecule has 0 unspecified atom stereocenters. The fourth-order valence-corrected chi connectivity index (χ4v) is 2.95. The summed E-state index contributed by atoms with van der Waals surface area (Å²) in [6.07, 6.45) is 1.42. The molecule has 1 rings (SSSR count). The molecule has 0 saturated carbocycles. The molecular weight excluding hydrogens is 303 g/mol. The molecule has 1 aromatic rings. The van der Waals surface area contributed by atoms with Crippen molar-refractivity contribution in [3.63, 3.8) is 0 Å². The van der Waals surface area contributed by atoms with Gasteiger partial charge in [0.15, 0.2) is 0 Å². The zero-order chi connectivity index (χ0) is 15.0. The van der Waals surface area contributed by atoms with E-state index < -0.39 is 15.8 Å². The minimum atomic E-state index is -3.30. The van der Waals surface area contributed by atoms with E-state index >= 15 is 0 Å². The van der Waals surface area contributed by atoms with Crippen LogP contribution in [0.4, 0.5) is 4.39 Å². The normalized spacial score (nSPS) is 11.8. The summed E-state index contributed by atoms with van der Waals surface area (Å²) in [5.41, 5.74) is 0.632. The molecule has 0 heterocycles. The Morgan fingerprint density at radius 2 is 2.05 bits per heavy atom. The molecule has 4 nitrogen and oxygen atoms in total. The summed E-state index contributed by atoms with van der Waals surface area (Å²) in [4.78, 5) is 0. The van der Waals surface area contributed by atoms with E-state index in [4.69, 9.17) is 11.6 Å². The Balaban J connectivity index is 2.37. The lowest BCUT2D eigenvalue weighted by Gasteiger charge is -2.07. The van der Waals surface area contributed by atoms with Crippen LogP contribution >= 0.6 is 11.6 Å². The molecule has 0 aliphatic rings. The number of halogens is 2. The van der Waals surface area contributed by atoms with Crippen molar-refractivity contribution in [2.75, 3.05) is 18.8 Å². The van der Waals surface area contributed by atoms with Crippen LogP contribution in [-0.4, -0.2) is 27.3 Å². The molecule has 0 radical (unpaired) electrons. The first-order valence-corrected chi connectivity index (χ1v) is 8.59. The molecule has 0 saturated heterocycles. The van der Waals surface area contributed by atoms with E-state index in [-0.39, 0.29) is 17.3 Å². The van der Waals surface area contributed by atoms with Crippen molar-refractivity contribution in [1.82, 2.24) is 10.0 Å². The first-order valence-electron chi connectivity index (χ1n) is 6.56. The molecule has 2 N–H and O–H groups in total. The van der Waals surface area contributed by atoms with Gasteiger partial charge in [-0.15, -0.1) is 0 Å². The van der Waals surface area contributed by atoms with Gasteiger partial charge in [0, 0.05) is 6.54 Å². The maximum atomic E-state index is 13.0. The molecule has 7 heteroatoms. The van der Waals surface area contributed by atoms with Crippen molar-refractivity contribution in [1.29, 1.82) is 0 Å². The standard InChI is InChI=1S/C13H20ClFN2O2S/c1-2-16-7-3-4-8-20(18,19)17-10-11-5-6-13(15)12(14)9-11/h5-6,9,16-17H,2-4,7-8,10H2,1H3. The van der Waals surface area contributed by atoms with Crippen LogP contribution in [0.5, 0.6) is 0 Å². The van der Waals surface area contributed by atoms with E-state index in [9.17, 15) is 12.8 Å². The van der Waals surface area contributed by atoms with Crippen LogP contribution in [0.2, 0.25) is 5.02 Å². The summed E-state index contributed by atoms with van der Waals surface area (Å²) in [5, 5.41) is 3.13. The van der Waals surface area contributed by atoms with Crippen molar-refractivity contribution in [3.8, 4) is 0 Å². The predicted molar refractivity (Wildman–Crippen MR) is 79.8 cm³/mol. The third kappa shape index (κ3) is 6.65. The molecule has 1 aromatic carbocycles. The summed E-state index contributed by atoms with van der Waals surface area (Å²) in [6, 6.07) is 4.15. The fourth-order valence-electron chi connectivity index (χ4n) is 1.63. The van der Waals surface area contributed by atoms with Crippen molar-refractivity contribution in [2.45, 2.75) is 26.3 Å². The van der Waals surface area contributed by atoms with Gasteiger partial charge < -0.3 is 5.32 Å². The number of nitrogens with one attached hydrogen (secondary N) is 2. The average Bonchev–Trinajstić information content (AvgIpc) is 2.40. The topological polar surface area (TPSA) is 58.2 Å². The van der Waals surface area contributed by atoms with Gasteiger partial charge in [0.25, 0.3) is 0 Å². The Morgan fingerprint density at radius 3 is 2.70 bits per heavy atom. The number of benzene rings is 1. The van der Waals surface area contributed by atoms with Gasteiger partial charge in [-0.2, -0.15) is 0 Å². The molecule has 20 heavy (non-hydrogen) atoms. The summed E-state index contributed by atoms with van der Waals surface area (Å²) in [5.74, 6) is -0.422. The van der Waals surface area contributed by atoms with Gasteiger partial charge in [-0.25, -0.2) is 17.5 Å². The number of hydrogen-bond donors (Lipinski definition) is 2. The highest BCUT2D eigenvalue weighted by Crippen LogP contribution is 2.16. The number of unbranched alkanes of at least 4 members (excludes halogenated alkanes) is 1. The van der Waals surface area contributed by atoms with E-state index in [2.05, 4.69) is 10.0 Å². The summed E-state index contributed by atoms with van der Waals surface area (Å²) in [7, 11) is -3.30. The second-order valence-corrected chi connectivity index (χ2v) is 6.78. The molecule has 0 aromatic heterocycles. The first-order chi connectivity index (χ1) is 9.44. The summed E-state index contributed by atoms with van der Waals surface area (Å²) in [6.45, 7) is 3.83. The van der Waals surface area contributed by atoms with Crippen LogP contribution in [0.3, 0.4) is 0 Å². The highest BCUT2D eigenvalue weighted by Gasteiger charge is 2.10. The Bertz CT molecular complexity index is 523. The average molecular weight is 323 g/mol. The van der Waals surface area contributed by atoms with Gasteiger partial charge in [0.2, 0.25) is 10.0 Å². The molecule has 0 spiro atoms. The van der Waals surface area contributed by atoms with Crippen molar-refractivity contribution < 1.29 is 12.8 Å². The van der Waals surface area contributed by atoms with E-state index in [1.165, 1.54) is 18.2 Å². The Labute approximate surface area is 124 Å². The minimum Gasteiger partial charge on any atom is -0.317 e. The van der Waals surface area contributed by atoms with Gasteiger partial charge in [-0.1, -0.05) is 24.6 Å². The van der Waals surface area contributed by atoms with Gasteiger partial charge in [0.1, 0.15) is 5.82 Å². The zero-order valence-corrected chi connectivity index (χ0v) is 13.0. The largest absolute Gasteiger partial charge is 0.317 e. The second kappa shape index (κ2) is 8.56. The monoisotopic (exact) mass is 322 g/mol. The summed E-state index contributed by atoms with van der Waals surface area (Å²) >= 11 is 5.64. The molecule has 114 valence electrons. The molecule has 0 atom stereocenters. The Hall–Kier alpha value is -0.690. The Kier molecular flexibility index (Phi) is 7.43. The molecule has 0 fully saturated rings. The molecule has 0 aliphatic heterocycles. The quantitative estimate of drug-likeness (QED) is 0.686. The molecule has 0 aliphatic carbocycles. The molecular formula is C13H20ClFN2O2S. The maximum absolute atomic E-state index is 13.0. The number of rotatable bonds is 9. The molecule has 0 bridgehead atoms. The maximum Gasteiger partial charge on any atom is 0.211 e. The molecule has 0 amide bonds. The highest BCUT2D eigenvalue weighted by atomic mass is 35.5. The van der Waals surface area contributed by atoms with Crippen molar-refractivity contribution in [3.05, 3.63) is 34.6 Å². The first kappa shape index (κ1) is 17.4. The smallest absolute Gasteiger partial charge is 0.211 e.